The van der Waals surface area contributed by atoms with Crippen molar-refractivity contribution in [2.45, 2.75) is 26.2 Å². The van der Waals surface area contributed by atoms with Crippen LogP contribution < -0.4 is 15.0 Å². The van der Waals surface area contributed by atoms with Crippen molar-refractivity contribution in [1.82, 2.24) is 4.90 Å². The molecule has 0 spiro atoms. The Morgan fingerprint density at radius 2 is 1.76 bits per heavy atom. The van der Waals surface area contributed by atoms with Gasteiger partial charge in [0, 0.05) is 42.7 Å². The van der Waals surface area contributed by atoms with Crippen LogP contribution in [0.1, 0.15) is 24.8 Å². The van der Waals surface area contributed by atoms with Crippen LogP contribution in [0.4, 0.5) is 11.4 Å². The minimum absolute atomic E-state index is 0.00618. The van der Waals surface area contributed by atoms with E-state index in [0.29, 0.717) is 48.9 Å². The standard InChI is InChI=1S/C25H28ClN3O4/c1-16-3-6-20(7-4-16)29-15-18(13-23(29)30)25(32)28-11-9-17(10-12-28)24(31)27-21-14-19(26)5-8-22(21)33-2/h3-8,14,17-18H,9-13,15H2,1-2H3,(H,27,31)/t18-/m1/s1. The average molecular weight is 470 g/mol. The van der Waals surface area contributed by atoms with E-state index in [4.69, 9.17) is 16.3 Å². The number of amides is 3. The number of nitrogens with one attached hydrogen (secondary N) is 1. The highest BCUT2D eigenvalue weighted by atomic mass is 35.5. The van der Waals surface area contributed by atoms with Crippen LogP contribution in [-0.4, -0.2) is 49.4 Å². The zero-order valence-corrected chi connectivity index (χ0v) is 19.6. The molecule has 4 rings (SSSR count). The summed E-state index contributed by atoms with van der Waals surface area (Å²) in [6.07, 6.45) is 1.37. The third-order valence-electron chi connectivity index (χ3n) is 6.42. The van der Waals surface area contributed by atoms with Gasteiger partial charge in [-0.15, -0.1) is 0 Å². The van der Waals surface area contributed by atoms with E-state index < -0.39 is 0 Å². The second kappa shape index (κ2) is 9.83. The van der Waals surface area contributed by atoms with Gasteiger partial charge >= 0.3 is 0 Å². The van der Waals surface area contributed by atoms with Crippen molar-refractivity contribution in [3.63, 3.8) is 0 Å². The fraction of sp³-hybridized carbons (Fsp3) is 0.400. The first-order valence-corrected chi connectivity index (χ1v) is 11.5. The zero-order chi connectivity index (χ0) is 23.5. The molecule has 0 radical (unpaired) electrons. The van der Waals surface area contributed by atoms with Crippen molar-refractivity contribution >= 4 is 40.7 Å². The molecule has 1 atom stereocenters. The van der Waals surface area contributed by atoms with Gasteiger partial charge in [-0.1, -0.05) is 29.3 Å². The number of aryl methyl sites for hydroxylation is 1. The molecule has 2 aliphatic heterocycles. The lowest BCUT2D eigenvalue weighted by Gasteiger charge is -2.33. The van der Waals surface area contributed by atoms with Crippen LogP contribution >= 0.6 is 11.6 Å². The van der Waals surface area contributed by atoms with Crippen molar-refractivity contribution in [2.75, 3.05) is 37.0 Å². The predicted molar refractivity (Wildman–Crippen MR) is 128 cm³/mol. The van der Waals surface area contributed by atoms with Crippen molar-refractivity contribution in [2.24, 2.45) is 11.8 Å². The lowest BCUT2D eigenvalue weighted by molar-refractivity contribution is -0.138. The van der Waals surface area contributed by atoms with E-state index in [9.17, 15) is 14.4 Å². The molecule has 1 N–H and O–H groups in total. The van der Waals surface area contributed by atoms with Gasteiger partial charge in [0.2, 0.25) is 17.7 Å². The highest BCUT2D eigenvalue weighted by molar-refractivity contribution is 6.31. The van der Waals surface area contributed by atoms with Crippen LogP contribution in [0.5, 0.6) is 5.75 Å². The van der Waals surface area contributed by atoms with Gasteiger partial charge in [0.05, 0.1) is 18.7 Å². The van der Waals surface area contributed by atoms with Gasteiger partial charge in [0.25, 0.3) is 0 Å². The van der Waals surface area contributed by atoms with Crippen LogP contribution in [0.2, 0.25) is 5.02 Å². The third-order valence-corrected chi connectivity index (χ3v) is 6.65. The topological polar surface area (TPSA) is 79.0 Å². The molecule has 2 aromatic carbocycles. The van der Waals surface area contributed by atoms with Gasteiger partial charge in [-0.3, -0.25) is 14.4 Å². The maximum Gasteiger partial charge on any atom is 0.228 e. The van der Waals surface area contributed by atoms with E-state index >= 15 is 0 Å². The Morgan fingerprint density at radius 3 is 2.42 bits per heavy atom. The fourth-order valence-corrected chi connectivity index (χ4v) is 4.65. The number of carbonyl (C=O) groups is 3. The zero-order valence-electron chi connectivity index (χ0n) is 18.8. The van der Waals surface area contributed by atoms with E-state index in [-0.39, 0.29) is 36.0 Å². The molecule has 2 saturated heterocycles. The molecule has 0 aromatic heterocycles. The number of rotatable bonds is 5. The van der Waals surface area contributed by atoms with Gasteiger partial charge in [0.1, 0.15) is 5.75 Å². The quantitative estimate of drug-likeness (QED) is 0.720. The molecular weight excluding hydrogens is 442 g/mol. The van der Waals surface area contributed by atoms with Crippen molar-refractivity contribution in [1.29, 1.82) is 0 Å². The molecule has 0 bridgehead atoms. The summed E-state index contributed by atoms with van der Waals surface area (Å²) in [6, 6.07) is 12.8. The molecule has 0 unspecified atom stereocenters. The third kappa shape index (κ3) is 5.14. The summed E-state index contributed by atoms with van der Waals surface area (Å²) in [5.74, 6) is -0.143. The summed E-state index contributed by atoms with van der Waals surface area (Å²) < 4.78 is 5.29. The Labute approximate surface area is 198 Å². The molecule has 2 fully saturated rings. The number of hydrogen-bond donors (Lipinski definition) is 1. The van der Waals surface area contributed by atoms with Gasteiger partial charge in [-0.25, -0.2) is 0 Å². The predicted octanol–water partition coefficient (Wildman–Crippen LogP) is 3.89. The molecule has 2 aliphatic rings. The lowest BCUT2D eigenvalue weighted by atomic mass is 9.94. The minimum Gasteiger partial charge on any atom is -0.495 e. The molecule has 2 heterocycles. The first-order valence-electron chi connectivity index (χ1n) is 11.2. The smallest absolute Gasteiger partial charge is 0.228 e. The maximum absolute atomic E-state index is 13.1. The summed E-state index contributed by atoms with van der Waals surface area (Å²) in [4.78, 5) is 41.9. The van der Waals surface area contributed by atoms with Crippen molar-refractivity contribution in [3.05, 3.63) is 53.1 Å². The Bertz CT molecular complexity index is 1050. The molecule has 7 nitrogen and oxygen atoms in total. The number of nitrogens with zero attached hydrogens (tertiary/aromatic N) is 2. The second-order valence-electron chi connectivity index (χ2n) is 8.67. The van der Waals surface area contributed by atoms with E-state index in [1.165, 1.54) is 7.11 Å². The Kier molecular flexibility index (Phi) is 6.88. The number of halogens is 1. The summed E-state index contributed by atoms with van der Waals surface area (Å²) >= 11 is 6.05. The van der Waals surface area contributed by atoms with E-state index in [1.54, 1.807) is 28.0 Å². The Hall–Kier alpha value is -3.06. The van der Waals surface area contributed by atoms with Crippen LogP contribution in [0.25, 0.3) is 0 Å². The van der Waals surface area contributed by atoms with Crippen molar-refractivity contribution in [3.8, 4) is 5.75 Å². The highest BCUT2D eigenvalue weighted by Gasteiger charge is 2.38. The van der Waals surface area contributed by atoms with Gasteiger partial charge in [0.15, 0.2) is 0 Å². The largest absolute Gasteiger partial charge is 0.495 e. The van der Waals surface area contributed by atoms with E-state index in [2.05, 4.69) is 5.32 Å². The lowest BCUT2D eigenvalue weighted by Crippen LogP contribution is -2.44. The molecule has 0 aliphatic carbocycles. The molecule has 2 aromatic rings. The molecular formula is C25H28ClN3O4. The second-order valence-corrected chi connectivity index (χ2v) is 9.11. The first kappa shape index (κ1) is 23.1. The maximum atomic E-state index is 13.1. The van der Waals surface area contributed by atoms with Crippen LogP contribution in [0.3, 0.4) is 0 Å². The molecule has 0 saturated carbocycles. The number of methoxy groups -OCH3 is 1. The Balaban J connectivity index is 1.32. The SMILES string of the molecule is COc1ccc(Cl)cc1NC(=O)C1CCN(C(=O)[C@@H]2CC(=O)N(c3ccc(C)cc3)C2)CC1. The van der Waals surface area contributed by atoms with Crippen molar-refractivity contribution < 1.29 is 19.1 Å². The molecule has 3 amide bonds. The van der Waals surface area contributed by atoms with Gasteiger partial charge in [-0.05, 0) is 50.1 Å². The number of benzene rings is 2. The van der Waals surface area contributed by atoms with E-state index in [0.717, 1.165) is 11.3 Å². The summed E-state index contributed by atoms with van der Waals surface area (Å²) in [5, 5.41) is 3.41. The minimum atomic E-state index is -0.347. The number of carbonyl (C=O) groups excluding carboxylic acids is 3. The van der Waals surface area contributed by atoms with Crippen LogP contribution in [0, 0.1) is 18.8 Å². The summed E-state index contributed by atoms with van der Waals surface area (Å²) in [5.41, 5.74) is 2.49. The number of ether oxygens (including phenoxy) is 1. The van der Waals surface area contributed by atoms with Gasteiger partial charge < -0.3 is 19.9 Å². The fourth-order valence-electron chi connectivity index (χ4n) is 4.48. The van der Waals surface area contributed by atoms with Crippen LogP contribution in [0.15, 0.2) is 42.5 Å². The number of piperidine rings is 1. The van der Waals surface area contributed by atoms with Crippen LogP contribution in [-0.2, 0) is 14.4 Å². The summed E-state index contributed by atoms with van der Waals surface area (Å²) in [7, 11) is 1.54. The number of anilines is 2. The van der Waals surface area contributed by atoms with Gasteiger partial charge in [-0.2, -0.15) is 0 Å². The molecule has 8 heteroatoms. The molecule has 174 valence electrons. The number of likely N-dealkylation sites (tertiary alicyclic amines) is 1. The number of hydrogen-bond acceptors (Lipinski definition) is 4. The normalized spacial score (nSPS) is 19.0. The first-order chi connectivity index (χ1) is 15.9. The molecule has 33 heavy (non-hydrogen) atoms. The monoisotopic (exact) mass is 469 g/mol. The average Bonchev–Trinajstić information content (AvgIpc) is 3.21. The summed E-state index contributed by atoms with van der Waals surface area (Å²) in [6.45, 7) is 3.39. The Morgan fingerprint density at radius 1 is 1.06 bits per heavy atom. The van der Waals surface area contributed by atoms with E-state index in [1.807, 2.05) is 31.2 Å². The highest BCUT2D eigenvalue weighted by Crippen LogP contribution is 2.31.